The van der Waals surface area contributed by atoms with Crippen LogP contribution in [-0.2, 0) is 16.4 Å². The van der Waals surface area contributed by atoms with Crippen molar-refractivity contribution in [3.05, 3.63) is 82.9 Å². The molecule has 0 saturated heterocycles. The summed E-state index contributed by atoms with van der Waals surface area (Å²) in [5.41, 5.74) is 3.57. The van der Waals surface area contributed by atoms with Crippen molar-refractivity contribution >= 4 is 49.3 Å². The van der Waals surface area contributed by atoms with E-state index in [0.717, 1.165) is 28.0 Å². The highest BCUT2D eigenvalue weighted by Crippen LogP contribution is 2.42. The molecule has 5 aromatic rings. The van der Waals surface area contributed by atoms with Crippen LogP contribution in [0.5, 0.6) is 0 Å². The Bertz CT molecular complexity index is 1640. The number of nitrogens with one attached hydrogen (secondary N) is 1. The van der Waals surface area contributed by atoms with Crippen LogP contribution in [0.1, 0.15) is 57.0 Å². The molecule has 4 aromatic heterocycles. The van der Waals surface area contributed by atoms with Crippen LogP contribution in [0, 0.1) is 5.92 Å². The number of sulfonamides is 1. The first kappa shape index (κ1) is 27.6. The smallest absolute Gasteiger partial charge is 0.274 e. The lowest BCUT2D eigenvalue weighted by molar-refractivity contribution is 0.477. The number of anilines is 1. The molecule has 1 aliphatic rings. The first-order valence-electron chi connectivity index (χ1n) is 13.0. The van der Waals surface area contributed by atoms with Gasteiger partial charge in [0.2, 0.25) is 0 Å². The molecule has 1 aromatic carbocycles. The number of aromatic amines is 1. The summed E-state index contributed by atoms with van der Waals surface area (Å²) >= 11 is 2.96. The van der Waals surface area contributed by atoms with Crippen molar-refractivity contribution < 1.29 is 8.42 Å². The number of nitrogens with zero attached hydrogens (tertiary/aromatic N) is 3. The third-order valence-corrected chi connectivity index (χ3v) is 11.7. The van der Waals surface area contributed by atoms with E-state index in [1.807, 2.05) is 50.5 Å². The normalized spacial score (nSPS) is 17.5. The summed E-state index contributed by atoms with van der Waals surface area (Å²) < 4.78 is 29.0. The molecule has 1 saturated carbocycles. The van der Waals surface area contributed by atoms with Crippen molar-refractivity contribution in [2.75, 3.05) is 4.31 Å². The van der Waals surface area contributed by atoms with Crippen LogP contribution in [-0.4, -0.2) is 29.4 Å². The van der Waals surface area contributed by atoms with Gasteiger partial charge >= 0.3 is 0 Å². The van der Waals surface area contributed by atoms with E-state index in [4.69, 9.17) is 4.98 Å². The largest absolute Gasteiger partial charge is 0.351 e. The molecule has 39 heavy (non-hydrogen) atoms. The molecule has 2 unspecified atom stereocenters. The first-order valence-corrected chi connectivity index (χ1v) is 16.1. The first-order chi connectivity index (χ1) is 18.4. The number of hydrogen-bond acceptors (Lipinski definition) is 6. The molecule has 6 rings (SSSR count). The van der Waals surface area contributed by atoms with Gasteiger partial charge in [0.15, 0.2) is 0 Å². The van der Waals surface area contributed by atoms with Crippen LogP contribution in [0.25, 0.3) is 21.6 Å². The van der Waals surface area contributed by atoms with Gasteiger partial charge in [-0.25, -0.2) is 13.4 Å². The van der Waals surface area contributed by atoms with Gasteiger partial charge in [-0.1, -0.05) is 38.1 Å². The van der Waals surface area contributed by atoms with Crippen LogP contribution in [0.15, 0.2) is 76.6 Å². The highest BCUT2D eigenvalue weighted by Gasteiger charge is 2.31. The van der Waals surface area contributed by atoms with Crippen LogP contribution >= 0.6 is 22.7 Å². The molecule has 4 heterocycles. The standard InChI is InChI=1S/C29H30N4O2S3.CH4/c1-19(2)33(38(34,35)27-13-7-15-36-27)26-12-6-9-21-17-25(32-28(21)26)29-31-18-22(37-29)16-20-8-5-10-23(20)24-11-3-4-14-30-24;/h3-4,6-7,9,11-15,17-20,23,32H,5,8,10,16H2,1-2H3;1H4. The fourth-order valence-corrected chi connectivity index (χ4v) is 9.41. The molecular weight excluding hydrogens is 545 g/mol. The maximum atomic E-state index is 13.6. The molecule has 1 fully saturated rings. The molecule has 6 nitrogen and oxygen atoms in total. The summed E-state index contributed by atoms with van der Waals surface area (Å²) in [7, 11) is -3.68. The lowest BCUT2D eigenvalue weighted by Gasteiger charge is -2.28. The van der Waals surface area contributed by atoms with Gasteiger partial charge in [-0.15, -0.1) is 22.7 Å². The fourth-order valence-electron chi connectivity index (χ4n) is 5.68. The van der Waals surface area contributed by atoms with Crippen LogP contribution in [0.3, 0.4) is 0 Å². The topological polar surface area (TPSA) is 79.0 Å². The Kier molecular flexibility index (Phi) is 7.94. The Morgan fingerprint density at radius 2 is 1.95 bits per heavy atom. The molecule has 0 amide bonds. The number of aromatic nitrogens is 3. The molecule has 0 aliphatic heterocycles. The SMILES string of the molecule is C.CC(C)N(c1cccc2cc(-c3ncc(CC4CCCC4c4ccccn4)s3)[nH]c12)S(=O)(=O)c1cccs1. The van der Waals surface area contributed by atoms with Gasteiger partial charge in [-0.3, -0.25) is 9.29 Å². The van der Waals surface area contributed by atoms with Crippen molar-refractivity contribution in [2.45, 2.75) is 63.1 Å². The monoisotopic (exact) mass is 578 g/mol. The van der Waals surface area contributed by atoms with Gasteiger partial charge in [0.25, 0.3) is 10.0 Å². The second-order valence-corrected chi connectivity index (χ2v) is 14.2. The minimum Gasteiger partial charge on any atom is -0.351 e. The molecule has 0 radical (unpaired) electrons. The van der Waals surface area contributed by atoms with Crippen molar-refractivity contribution in [3.63, 3.8) is 0 Å². The highest BCUT2D eigenvalue weighted by molar-refractivity contribution is 7.94. The quantitative estimate of drug-likeness (QED) is 0.202. The molecule has 1 N–H and O–H groups in total. The van der Waals surface area contributed by atoms with Gasteiger partial charge in [-0.05, 0) is 74.7 Å². The molecule has 204 valence electrons. The Morgan fingerprint density at radius 3 is 2.69 bits per heavy atom. The lowest BCUT2D eigenvalue weighted by Crippen LogP contribution is -2.36. The summed E-state index contributed by atoms with van der Waals surface area (Å²) in [4.78, 5) is 14.2. The third kappa shape index (κ3) is 5.27. The minimum atomic E-state index is -3.68. The van der Waals surface area contributed by atoms with E-state index in [9.17, 15) is 8.42 Å². The van der Waals surface area contributed by atoms with Gasteiger partial charge in [-0.2, -0.15) is 0 Å². The molecule has 1 aliphatic carbocycles. The van der Waals surface area contributed by atoms with Crippen molar-refractivity contribution in [3.8, 4) is 10.7 Å². The van der Waals surface area contributed by atoms with E-state index in [2.05, 4.69) is 28.2 Å². The number of rotatable bonds is 8. The average Bonchev–Trinajstić information content (AvgIpc) is 3.71. The van der Waals surface area contributed by atoms with E-state index in [0.29, 0.717) is 21.7 Å². The predicted octanol–water partition coefficient (Wildman–Crippen LogP) is 8.11. The average molecular weight is 579 g/mol. The van der Waals surface area contributed by atoms with E-state index in [-0.39, 0.29) is 13.5 Å². The lowest BCUT2D eigenvalue weighted by atomic mass is 9.89. The van der Waals surface area contributed by atoms with Crippen molar-refractivity contribution in [1.82, 2.24) is 15.0 Å². The number of thiazole rings is 1. The van der Waals surface area contributed by atoms with Crippen LogP contribution in [0.2, 0.25) is 0 Å². The number of pyridine rings is 1. The number of H-pyrrole nitrogens is 1. The number of benzene rings is 1. The number of fused-ring (bicyclic) bond motifs is 1. The zero-order valence-electron chi connectivity index (χ0n) is 21.4. The third-order valence-electron chi connectivity index (χ3n) is 7.32. The summed E-state index contributed by atoms with van der Waals surface area (Å²) in [5, 5.41) is 3.68. The summed E-state index contributed by atoms with van der Waals surface area (Å²) in [6.45, 7) is 3.81. The van der Waals surface area contributed by atoms with Crippen molar-refractivity contribution in [1.29, 1.82) is 0 Å². The molecular formula is C30H34N4O2S3. The Balaban J connectivity index is 0.00000308. The number of thiophene rings is 1. The minimum absolute atomic E-state index is 0. The fraction of sp³-hybridized carbons (Fsp3) is 0.333. The van der Waals surface area contributed by atoms with Crippen LogP contribution in [0.4, 0.5) is 5.69 Å². The summed E-state index contributed by atoms with van der Waals surface area (Å²) in [5.74, 6) is 1.08. The molecule has 0 spiro atoms. The van der Waals surface area contributed by atoms with Gasteiger partial charge in [0.05, 0.1) is 16.9 Å². The second kappa shape index (κ2) is 11.2. The van der Waals surface area contributed by atoms with Crippen LogP contribution < -0.4 is 4.31 Å². The van der Waals surface area contributed by atoms with Crippen molar-refractivity contribution in [2.24, 2.45) is 5.92 Å². The van der Waals surface area contributed by atoms with E-state index >= 15 is 0 Å². The summed E-state index contributed by atoms with van der Waals surface area (Å²) in [6.07, 6.45) is 8.55. The molecule has 9 heteroatoms. The van der Waals surface area contributed by atoms with Gasteiger partial charge in [0.1, 0.15) is 9.22 Å². The zero-order chi connectivity index (χ0) is 26.3. The molecule has 2 atom stereocenters. The van der Waals surface area contributed by atoms with Gasteiger partial charge < -0.3 is 4.98 Å². The zero-order valence-corrected chi connectivity index (χ0v) is 23.8. The number of hydrogen-bond donors (Lipinski definition) is 1. The van der Waals surface area contributed by atoms with Gasteiger partial charge in [0, 0.05) is 40.3 Å². The van der Waals surface area contributed by atoms with E-state index in [1.54, 1.807) is 28.8 Å². The Labute approximate surface area is 238 Å². The summed E-state index contributed by atoms with van der Waals surface area (Å²) in [6, 6.07) is 17.3. The Hall–Kier alpha value is -3.01. The maximum Gasteiger partial charge on any atom is 0.274 e. The molecule has 0 bridgehead atoms. The maximum absolute atomic E-state index is 13.6. The predicted molar refractivity (Wildman–Crippen MR) is 163 cm³/mol. The number of para-hydroxylation sites is 1. The highest BCUT2D eigenvalue weighted by atomic mass is 32.2. The second-order valence-electron chi connectivity index (χ2n) is 10.1. The Morgan fingerprint density at radius 1 is 1.08 bits per heavy atom. The van der Waals surface area contributed by atoms with E-state index in [1.165, 1.54) is 45.5 Å². The van der Waals surface area contributed by atoms with E-state index < -0.39 is 10.0 Å².